The average Bonchev–Trinajstić information content (AvgIpc) is 3.16. The van der Waals surface area contributed by atoms with Gasteiger partial charge in [-0.2, -0.15) is 0 Å². The number of fused-ring (bicyclic) bond motifs is 3. The molecule has 0 fully saturated rings. The van der Waals surface area contributed by atoms with Gasteiger partial charge in [0.25, 0.3) is 0 Å². The van der Waals surface area contributed by atoms with E-state index in [0.29, 0.717) is 25.8 Å². The van der Waals surface area contributed by atoms with Crippen LogP contribution in [0.5, 0.6) is 0 Å². The first-order valence-electron chi connectivity index (χ1n) is 12.1. The van der Waals surface area contributed by atoms with Gasteiger partial charge in [-0.15, -0.1) is 0 Å². The highest BCUT2D eigenvalue weighted by Crippen LogP contribution is 2.44. The van der Waals surface area contributed by atoms with Crippen molar-refractivity contribution in [1.29, 1.82) is 0 Å². The molecule has 0 radical (unpaired) electrons. The highest BCUT2D eigenvalue weighted by atomic mass is 16.5. The number of alkyl carbamates (subject to hydrolysis) is 1. The molecule has 0 heterocycles. The lowest BCUT2D eigenvalue weighted by Crippen LogP contribution is -2.47. The number of rotatable bonds is 12. The zero-order chi connectivity index (χ0) is 24.5. The van der Waals surface area contributed by atoms with Crippen LogP contribution in [0.4, 0.5) is 4.79 Å². The first-order chi connectivity index (χ1) is 16.4. The Hall–Kier alpha value is -3.35. The van der Waals surface area contributed by atoms with Gasteiger partial charge in [0.15, 0.2) is 0 Å². The van der Waals surface area contributed by atoms with Gasteiger partial charge in [-0.3, -0.25) is 9.59 Å². The van der Waals surface area contributed by atoms with E-state index in [-0.39, 0.29) is 30.8 Å². The summed E-state index contributed by atoms with van der Waals surface area (Å²) in [5.74, 6) is -0.861. The van der Waals surface area contributed by atoms with Gasteiger partial charge in [0.2, 0.25) is 5.91 Å². The molecule has 0 bridgehead atoms. The monoisotopic (exact) mass is 466 g/mol. The Morgan fingerprint density at radius 1 is 0.941 bits per heavy atom. The summed E-state index contributed by atoms with van der Waals surface area (Å²) in [5.41, 5.74) is 4.59. The molecule has 3 rings (SSSR count). The van der Waals surface area contributed by atoms with Crippen molar-refractivity contribution in [1.82, 2.24) is 10.6 Å². The number of carbonyl (C=O) groups is 3. The summed E-state index contributed by atoms with van der Waals surface area (Å²) in [6, 6.07) is 15.6. The number of hydrogen-bond donors (Lipinski definition) is 3. The lowest BCUT2D eigenvalue weighted by molar-refractivity contribution is -0.137. The molecule has 1 unspecified atom stereocenters. The molecule has 2 aromatic carbocycles. The van der Waals surface area contributed by atoms with Gasteiger partial charge < -0.3 is 20.5 Å². The summed E-state index contributed by atoms with van der Waals surface area (Å²) < 4.78 is 5.55. The first kappa shape index (κ1) is 25.3. The molecule has 182 valence electrons. The van der Waals surface area contributed by atoms with Crippen molar-refractivity contribution in [3.05, 3.63) is 59.7 Å². The molecule has 0 spiro atoms. The van der Waals surface area contributed by atoms with E-state index in [0.717, 1.165) is 28.7 Å². The minimum absolute atomic E-state index is 0.0381. The standard InChI is InChI=1S/C27H34N2O5/c1-3-18(13-14-25(30)31)15-16-28-26(32)24(4-2)29-27(33)34-17-23-21-11-7-5-9-19(21)20-10-6-8-12-22(20)23/h5-12,18,23-24H,3-4,13-17H2,1-2H3,(H,28,32)(H,29,33)(H,30,31)/t18?,24-/m0/s1. The molecule has 0 aromatic heterocycles. The second-order valence-corrected chi connectivity index (χ2v) is 8.72. The molecule has 2 aromatic rings. The third-order valence-corrected chi connectivity index (χ3v) is 6.56. The summed E-state index contributed by atoms with van der Waals surface area (Å²) in [4.78, 5) is 35.8. The van der Waals surface area contributed by atoms with Gasteiger partial charge in [-0.05, 0) is 47.4 Å². The number of carboxylic acid groups (broad SMARTS) is 1. The quantitative estimate of drug-likeness (QED) is 0.421. The van der Waals surface area contributed by atoms with E-state index in [1.807, 2.05) is 38.1 Å². The van der Waals surface area contributed by atoms with E-state index in [4.69, 9.17) is 9.84 Å². The van der Waals surface area contributed by atoms with E-state index < -0.39 is 18.1 Å². The molecule has 7 heteroatoms. The van der Waals surface area contributed by atoms with Crippen molar-refractivity contribution in [3.8, 4) is 11.1 Å². The van der Waals surface area contributed by atoms with Crippen LogP contribution in [0.15, 0.2) is 48.5 Å². The number of carboxylic acids is 1. The van der Waals surface area contributed by atoms with Gasteiger partial charge in [0, 0.05) is 18.9 Å². The molecule has 1 aliphatic rings. The van der Waals surface area contributed by atoms with E-state index in [9.17, 15) is 14.4 Å². The Kier molecular flexibility index (Phi) is 9.08. The molecule has 0 aliphatic heterocycles. The molecular formula is C27H34N2O5. The number of aliphatic carboxylic acids is 1. The van der Waals surface area contributed by atoms with Crippen molar-refractivity contribution >= 4 is 18.0 Å². The molecule has 2 atom stereocenters. The third-order valence-electron chi connectivity index (χ3n) is 6.56. The first-order valence-corrected chi connectivity index (χ1v) is 12.1. The fourth-order valence-electron chi connectivity index (χ4n) is 4.54. The van der Waals surface area contributed by atoms with Crippen molar-refractivity contribution < 1.29 is 24.2 Å². The van der Waals surface area contributed by atoms with E-state index >= 15 is 0 Å². The van der Waals surface area contributed by atoms with Crippen molar-refractivity contribution in [2.45, 2.75) is 57.9 Å². The summed E-state index contributed by atoms with van der Waals surface area (Å²) in [7, 11) is 0. The lowest BCUT2D eigenvalue weighted by atomic mass is 9.96. The SMILES string of the molecule is CCC(CCNC(=O)[C@H](CC)NC(=O)OCC1c2ccccc2-c2ccccc21)CCC(=O)O. The maximum atomic E-state index is 12.6. The minimum atomic E-state index is -0.805. The average molecular weight is 467 g/mol. The van der Waals surface area contributed by atoms with Crippen LogP contribution in [0.2, 0.25) is 0 Å². The van der Waals surface area contributed by atoms with Crippen LogP contribution in [-0.4, -0.2) is 42.3 Å². The molecule has 0 saturated carbocycles. The Balaban J connectivity index is 1.49. The van der Waals surface area contributed by atoms with Crippen molar-refractivity contribution in [2.75, 3.05) is 13.2 Å². The molecule has 2 amide bonds. The fraction of sp³-hybridized carbons (Fsp3) is 0.444. The molecule has 1 aliphatic carbocycles. The van der Waals surface area contributed by atoms with Gasteiger partial charge in [-0.1, -0.05) is 68.8 Å². The van der Waals surface area contributed by atoms with Crippen LogP contribution in [0.1, 0.15) is 63.0 Å². The number of amides is 2. The fourth-order valence-corrected chi connectivity index (χ4v) is 4.54. The number of hydrogen-bond acceptors (Lipinski definition) is 4. The summed E-state index contributed by atoms with van der Waals surface area (Å²) in [5, 5.41) is 14.4. The van der Waals surface area contributed by atoms with Crippen LogP contribution >= 0.6 is 0 Å². The molecule has 0 saturated heterocycles. The van der Waals surface area contributed by atoms with Crippen LogP contribution in [-0.2, 0) is 14.3 Å². The third kappa shape index (κ3) is 6.37. The van der Waals surface area contributed by atoms with Gasteiger partial charge in [-0.25, -0.2) is 4.79 Å². The number of nitrogens with one attached hydrogen (secondary N) is 2. The zero-order valence-electron chi connectivity index (χ0n) is 19.9. The van der Waals surface area contributed by atoms with E-state index in [2.05, 4.69) is 34.9 Å². The lowest BCUT2D eigenvalue weighted by Gasteiger charge is -2.19. The van der Waals surface area contributed by atoms with E-state index in [1.54, 1.807) is 0 Å². The van der Waals surface area contributed by atoms with Gasteiger partial charge in [0.1, 0.15) is 12.6 Å². The largest absolute Gasteiger partial charge is 0.481 e. The normalized spacial score (nSPS) is 13.9. The van der Waals surface area contributed by atoms with Crippen molar-refractivity contribution in [3.63, 3.8) is 0 Å². The van der Waals surface area contributed by atoms with Crippen LogP contribution < -0.4 is 10.6 Å². The minimum Gasteiger partial charge on any atom is -0.481 e. The topological polar surface area (TPSA) is 105 Å². The predicted molar refractivity (Wildman–Crippen MR) is 131 cm³/mol. The second kappa shape index (κ2) is 12.2. The summed E-state index contributed by atoms with van der Waals surface area (Å²) in [6.07, 6.45) is 2.11. The Morgan fingerprint density at radius 3 is 2.12 bits per heavy atom. The Morgan fingerprint density at radius 2 is 1.56 bits per heavy atom. The Labute approximate surface area is 200 Å². The van der Waals surface area contributed by atoms with Crippen LogP contribution in [0.25, 0.3) is 11.1 Å². The van der Waals surface area contributed by atoms with E-state index in [1.165, 1.54) is 0 Å². The molecule has 3 N–H and O–H groups in total. The highest BCUT2D eigenvalue weighted by molar-refractivity contribution is 5.85. The Bertz CT molecular complexity index is 961. The van der Waals surface area contributed by atoms with Crippen molar-refractivity contribution in [2.24, 2.45) is 5.92 Å². The summed E-state index contributed by atoms with van der Waals surface area (Å²) >= 11 is 0. The number of ether oxygens (including phenoxy) is 1. The van der Waals surface area contributed by atoms with Gasteiger partial charge >= 0.3 is 12.1 Å². The number of benzene rings is 2. The molecule has 7 nitrogen and oxygen atoms in total. The molecule has 34 heavy (non-hydrogen) atoms. The highest BCUT2D eigenvalue weighted by Gasteiger charge is 2.29. The summed E-state index contributed by atoms with van der Waals surface area (Å²) in [6.45, 7) is 4.48. The smallest absolute Gasteiger partial charge is 0.407 e. The number of carbonyl (C=O) groups excluding carboxylic acids is 2. The second-order valence-electron chi connectivity index (χ2n) is 8.72. The maximum absolute atomic E-state index is 12.6. The maximum Gasteiger partial charge on any atom is 0.407 e. The molecular weight excluding hydrogens is 432 g/mol. The van der Waals surface area contributed by atoms with Crippen LogP contribution in [0.3, 0.4) is 0 Å². The van der Waals surface area contributed by atoms with Crippen LogP contribution in [0, 0.1) is 5.92 Å². The predicted octanol–water partition coefficient (Wildman–Crippen LogP) is 4.70. The zero-order valence-corrected chi connectivity index (χ0v) is 19.9. The van der Waals surface area contributed by atoms with Gasteiger partial charge in [0.05, 0.1) is 0 Å².